The van der Waals surface area contributed by atoms with E-state index in [1.54, 1.807) is 31.4 Å². The van der Waals surface area contributed by atoms with Crippen molar-refractivity contribution in [1.82, 2.24) is 10.6 Å². The number of aryl methyl sites for hydroxylation is 1. The number of ether oxygens (including phenoxy) is 1. The van der Waals surface area contributed by atoms with Crippen molar-refractivity contribution in [3.63, 3.8) is 0 Å². The quantitative estimate of drug-likeness (QED) is 0.750. The molecule has 0 fully saturated rings. The number of nitrogens with one attached hydrogen (secondary N) is 2. The van der Waals surface area contributed by atoms with Gasteiger partial charge in [0.2, 0.25) is 5.91 Å². The van der Waals surface area contributed by atoms with Gasteiger partial charge in [0, 0.05) is 12.1 Å². The van der Waals surface area contributed by atoms with Gasteiger partial charge in [-0.05, 0) is 49.1 Å². The fourth-order valence-electron chi connectivity index (χ4n) is 2.71. The first-order valence-electron chi connectivity index (χ1n) is 9.17. The summed E-state index contributed by atoms with van der Waals surface area (Å²) in [6.07, 6.45) is 0.571. The molecule has 0 saturated carbocycles. The Bertz CT molecular complexity index is 752. The molecule has 5 heteroatoms. The Morgan fingerprint density at radius 1 is 1.00 bits per heavy atom. The zero-order valence-electron chi connectivity index (χ0n) is 16.4. The fraction of sp³-hybridized carbons (Fsp3) is 0.364. The molecule has 1 atom stereocenters. The van der Waals surface area contributed by atoms with E-state index in [1.807, 2.05) is 45.0 Å². The van der Waals surface area contributed by atoms with Crippen LogP contribution in [0.5, 0.6) is 5.75 Å². The predicted octanol–water partition coefficient (Wildman–Crippen LogP) is 3.46. The molecule has 2 rings (SSSR count). The van der Waals surface area contributed by atoms with E-state index in [4.69, 9.17) is 4.74 Å². The topological polar surface area (TPSA) is 67.4 Å². The molecule has 1 unspecified atom stereocenters. The summed E-state index contributed by atoms with van der Waals surface area (Å²) in [4.78, 5) is 25.2. The Morgan fingerprint density at radius 3 is 2.19 bits per heavy atom. The summed E-state index contributed by atoms with van der Waals surface area (Å²) in [6, 6.07) is 14.2. The normalized spacial score (nSPS) is 11.7. The highest BCUT2D eigenvalue weighted by Crippen LogP contribution is 2.12. The van der Waals surface area contributed by atoms with Crippen LogP contribution < -0.4 is 15.4 Å². The molecule has 2 aromatic carbocycles. The molecule has 2 N–H and O–H groups in total. The van der Waals surface area contributed by atoms with Gasteiger partial charge in [0.15, 0.2) is 0 Å². The monoisotopic (exact) mass is 368 g/mol. The Morgan fingerprint density at radius 2 is 1.63 bits per heavy atom. The van der Waals surface area contributed by atoms with Gasteiger partial charge < -0.3 is 15.4 Å². The van der Waals surface area contributed by atoms with Crippen LogP contribution in [0, 0.1) is 12.8 Å². The number of amides is 2. The highest BCUT2D eigenvalue weighted by atomic mass is 16.5. The standard InChI is InChI=1S/C22H28N2O3/c1-15(2)13-20(22(26)23-14-17-7-5-16(3)6-8-17)24-21(25)18-9-11-19(27-4)12-10-18/h5-12,15,20H,13-14H2,1-4H3,(H,23,26)(H,24,25). The first-order chi connectivity index (χ1) is 12.9. The highest BCUT2D eigenvalue weighted by Gasteiger charge is 2.22. The van der Waals surface area contributed by atoms with Crippen molar-refractivity contribution in [1.29, 1.82) is 0 Å². The third kappa shape index (κ3) is 6.44. The summed E-state index contributed by atoms with van der Waals surface area (Å²) in [5.41, 5.74) is 2.70. The van der Waals surface area contributed by atoms with Gasteiger partial charge in [0.05, 0.1) is 7.11 Å². The average Bonchev–Trinajstić information content (AvgIpc) is 2.66. The second-order valence-electron chi connectivity index (χ2n) is 7.09. The minimum absolute atomic E-state index is 0.175. The van der Waals surface area contributed by atoms with Crippen LogP contribution in [0.25, 0.3) is 0 Å². The van der Waals surface area contributed by atoms with Crippen LogP contribution in [0.4, 0.5) is 0 Å². The third-order valence-corrected chi connectivity index (χ3v) is 4.27. The molecule has 2 amide bonds. The summed E-state index contributed by atoms with van der Waals surface area (Å²) in [5, 5.41) is 5.78. The number of hydrogen-bond donors (Lipinski definition) is 2. The van der Waals surface area contributed by atoms with Gasteiger partial charge in [-0.2, -0.15) is 0 Å². The lowest BCUT2D eigenvalue weighted by Gasteiger charge is -2.20. The number of benzene rings is 2. The van der Waals surface area contributed by atoms with Crippen LogP contribution in [0.1, 0.15) is 41.8 Å². The zero-order valence-corrected chi connectivity index (χ0v) is 16.4. The molecule has 5 nitrogen and oxygen atoms in total. The predicted molar refractivity (Wildman–Crippen MR) is 107 cm³/mol. The van der Waals surface area contributed by atoms with Crippen molar-refractivity contribution in [3.05, 3.63) is 65.2 Å². The van der Waals surface area contributed by atoms with Gasteiger partial charge >= 0.3 is 0 Å². The lowest BCUT2D eigenvalue weighted by molar-refractivity contribution is -0.123. The smallest absolute Gasteiger partial charge is 0.251 e. The summed E-state index contributed by atoms with van der Waals surface area (Å²) in [6.45, 7) is 6.52. The van der Waals surface area contributed by atoms with Crippen molar-refractivity contribution < 1.29 is 14.3 Å². The molecule has 0 heterocycles. The number of methoxy groups -OCH3 is 1. The van der Waals surface area contributed by atoms with Crippen molar-refractivity contribution in [2.45, 2.75) is 39.8 Å². The molecule has 0 bridgehead atoms. The van der Waals surface area contributed by atoms with Gasteiger partial charge in [-0.25, -0.2) is 0 Å². The average molecular weight is 368 g/mol. The van der Waals surface area contributed by atoms with Gasteiger partial charge in [-0.15, -0.1) is 0 Å². The number of hydrogen-bond acceptors (Lipinski definition) is 3. The van der Waals surface area contributed by atoms with Crippen molar-refractivity contribution in [2.75, 3.05) is 7.11 Å². The van der Waals surface area contributed by atoms with E-state index in [2.05, 4.69) is 10.6 Å². The van der Waals surface area contributed by atoms with Crippen LogP contribution in [0.2, 0.25) is 0 Å². The van der Waals surface area contributed by atoms with Gasteiger partial charge in [0.1, 0.15) is 11.8 Å². The molecule has 0 aromatic heterocycles. The first-order valence-corrected chi connectivity index (χ1v) is 9.17. The Labute approximate surface area is 161 Å². The van der Waals surface area contributed by atoms with Crippen LogP contribution in [-0.2, 0) is 11.3 Å². The van der Waals surface area contributed by atoms with E-state index in [0.717, 1.165) is 5.56 Å². The third-order valence-electron chi connectivity index (χ3n) is 4.27. The van der Waals surface area contributed by atoms with E-state index in [0.29, 0.717) is 24.3 Å². The Hall–Kier alpha value is -2.82. The van der Waals surface area contributed by atoms with Gasteiger partial charge in [0.25, 0.3) is 5.91 Å². The minimum Gasteiger partial charge on any atom is -0.497 e. The maximum absolute atomic E-state index is 12.6. The molecule has 0 aliphatic rings. The Kier molecular flexibility index (Phi) is 7.41. The van der Waals surface area contributed by atoms with Gasteiger partial charge in [-0.3, -0.25) is 9.59 Å². The molecular formula is C22H28N2O3. The van der Waals surface area contributed by atoms with E-state index < -0.39 is 6.04 Å². The molecule has 0 saturated heterocycles. The lowest BCUT2D eigenvalue weighted by Crippen LogP contribution is -2.47. The van der Waals surface area contributed by atoms with Crippen molar-refractivity contribution in [2.24, 2.45) is 5.92 Å². The summed E-state index contributed by atoms with van der Waals surface area (Å²) in [5.74, 6) is 0.511. The van der Waals surface area contributed by atoms with Crippen molar-refractivity contribution in [3.8, 4) is 5.75 Å². The van der Waals surface area contributed by atoms with E-state index in [1.165, 1.54) is 5.56 Å². The number of rotatable bonds is 8. The lowest BCUT2D eigenvalue weighted by atomic mass is 10.0. The van der Waals surface area contributed by atoms with Gasteiger partial charge in [-0.1, -0.05) is 43.7 Å². The largest absolute Gasteiger partial charge is 0.497 e. The van der Waals surface area contributed by atoms with E-state index in [9.17, 15) is 9.59 Å². The minimum atomic E-state index is -0.579. The first kappa shape index (κ1) is 20.5. The summed E-state index contributed by atoms with van der Waals surface area (Å²) < 4.78 is 5.11. The van der Waals surface area contributed by atoms with Crippen LogP contribution in [0.3, 0.4) is 0 Å². The maximum Gasteiger partial charge on any atom is 0.251 e. The summed E-state index contributed by atoms with van der Waals surface area (Å²) in [7, 11) is 1.58. The second-order valence-corrected chi connectivity index (χ2v) is 7.09. The molecule has 2 aromatic rings. The zero-order chi connectivity index (χ0) is 19.8. The molecule has 0 radical (unpaired) electrons. The van der Waals surface area contributed by atoms with E-state index in [-0.39, 0.29) is 17.7 Å². The highest BCUT2D eigenvalue weighted by molar-refractivity contribution is 5.97. The Balaban J connectivity index is 2.00. The van der Waals surface area contributed by atoms with Crippen LogP contribution in [-0.4, -0.2) is 25.0 Å². The molecule has 0 aliphatic heterocycles. The fourth-order valence-corrected chi connectivity index (χ4v) is 2.71. The number of carbonyl (C=O) groups is 2. The van der Waals surface area contributed by atoms with Crippen LogP contribution in [0.15, 0.2) is 48.5 Å². The van der Waals surface area contributed by atoms with E-state index >= 15 is 0 Å². The van der Waals surface area contributed by atoms with Crippen LogP contribution >= 0.6 is 0 Å². The van der Waals surface area contributed by atoms with Crippen molar-refractivity contribution >= 4 is 11.8 Å². The molecule has 0 spiro atoms. The summed E-state index contributed by atoms with van der Waals surface area (Å²) >= 11 is 0. The number of carbonyl (C=O) groups excluding carboxylic acids is 2. The molecule has 27 heavy (non-hydrogen) atoms. The SMILES string of the molecule is COc1ccc(C(=O)NC(CC(C)C)C(=O)NCc2ccc(C)cc2)cc1. The molecular weight excluding hydrogens is 340 g/mol. The second kappa shape index (κ2) is 9.76. The molecule has 144 valence electrons. The maximum atomic E-state index is 12.6. The molecule has 0 aliphatic carbocycles.